The Morgan fingerprint density at radius 1 is 1.32 bits per heavy atom. The molecule has 0 saturated heterocycles. The molecule has 1 N–H and O–H groups in total. The molecular weight excluding hydrogens is 283 g/mol. The zero-order valence-electron chi connectivity index (χ0n) is 10.6. The number of halogens is 1. The molecule has 0 heterocycles. The zero-order valence-corrected chi connectivity index (χ0v) is 12.2. The van der Waals surface area contributed by atoms with E-state index in [1.54, 1.807) is 23.9 Å². The lowest BCUT2D eigenvalue weighted by atomic mass is 10.1. The van der Waals surface area contributed by atoms with Crippen molar-refractivity contribution >= 4 is 29.5 Å². The molecule has 0 aromatic heterocycles. The van der Waals surface area contributed by atoms with E-state index >= 15 is 0 Å². The number of hydrogen-bond donors (Lipinski definition) is 1. The van der Waals surface area contributed by atoms with Gasteiger partial charge in [0.25, 0.3) is 0 Å². The third-order valence-electron chi connectivity index (χ3n) is 3.21. The summed E-state index contributed by atoms with van der Waals surface area (Å²) in [5.41, 5.74) is 0.0547. The van der Waals surface area contributed by atoms with Gasteiger partial charge in [0.05, 0.1) is 6.42 Å². The van der Waals surface area contributed by atoms with Crippen LogP contribution in [0.4, 0.5) is 4.39 Å². The zero-order chi connectivity index (χ0) is 13.7. The predicted octanol–water partition coefficient (Wildman–Crippen LogP) is 3.91. The largest absolute Gasteiger partial charge is 0.481 e. The molecule has 0 unspecified atom stereocenters. The highest BCUT2D eigenvalue weighted by molar-refractivity contribution is 8.03. The summed E-state index contributed by atoms with van der Waals surface area (Å²) in [6, 6.07) is 6.79. The molecule has 2 rings (SSSR count). The predicted molar refractivity (Wildman–Crippen MR) is 78.4 cm³/mol. The van der Waals surface area contributed by atoms with Gasteiger partial charge in [-0.3, -0.25) is 4.79 Å². The maximum Gasteiger partial charge on any atom is 0.303 e. The number of benzene rings is 1. The van der Waals surface area contributed by atoms with Crippen molar-refractivity contribution in [2.75, 3.05) is 17.3 Å². The lowest BCUT2D eigenvalue weighted by Gasteiger charge is -2.11. The van der Waals surface area contributed by atoms with Crippen LogP contribution >= 0.6 is 23.5 Å². The van der Waals surface area contributed by atoms with Crippen molar-refractivity contribution in [1.29, 1.82) is 0 Å². The van der Waals surface area contributed by atoms with E-state index in [9.17, 15) is 9.18 Å². The van der Waals surface area contributed by atoms with Crippen LogP contribution in [0.25, 0.3) is 0 Å². The number of carboxylic acid groups (broad SMARTS) is 1. The van der Waals surface area contributed by atoms with E-state index in [4.69, 9.17) is 5.11 Å². The van der Waals surface area contributed by atoms with E-state index in [-0.39, 0.29) is 11.2 Å². The summed E-state index contributed by atoms with van der Waals surface area (Å²) in [6.07, 6.45) is 2.36. The topological polar surface area (TPSA) is 37.3 Å². The Labute approximate surface area is 121 Å². The molecule has 104 valence electrons. The molecule has 1 aliphatic rings. The molecule has 1 aromatic carbocycles. The first-order valence-electron chi connectivity index (χ1n) is 6.28. The van der Waals surface area contributed by atoms with Crippen LogP contribution in [0, 0.1) is 11.2 Å². The fraction of sp³-hybridized carbons (Fsp3) is 0.500. The lowest BCUT2D eigenvalue weighted by molar-refractivity contribution is -0.138. The van der Waals surface area contributed by atoms with Crippen LogP contribution in [-0.2, 0) is 4.79 Å². The molecule has 1 aromatic rings. The molecule has 0 radical (unpaired) electrons. The minimum Gasteiger partial charge on any atom is -0.481 e. The van der Waals surface area contributed by atoms with Crippen molar-refractivity contribution < 1.29 is 14.3 Å². The van der Waals surface area contributed by atoms with Crippen LogP contribution in [0.3, 0.4) is 0 Å². The summed E-state index contributed by atoms with van der Waals surface area (Å²) in [7, 11) is 0. The van der Waals surface area contributed by atoms with Crippen LogP contribution in [-0.4, -0.2) is 28.3 Å². The van der Waals surface area contributed by atoms with Gasteiger partial charge in [-0.1, -0.05) is 12.1 Å². The first-order chi connectivity index (χ1) is 9.11. The minimum atomic E-state index is -0.696. The average molecular weight is 300 g/mol. The van der Waals surface area contributed by atoms with Crippen molar-refractivity contribution in [3.05, 3.63) is 30.1 Å². The summed E-state index contributed by atoms with van der Waals surface area (Å²) in [6.45, 7) is 0. The summed E-state index contributed by atoms with van der Waals surface area (Å²) in [4.78, 5) is 11.4. The molecule has 0 bridgehead atoms. The number of carbonyl (C=O) groups is 1. The van der Waals surface area contributed by atoms with Crippen LogP contribution in [0.2, 0.25) is 0 Å². The molecule has 19 heavy (non-hydrogen) atoms. The van der Waals surface area contributed by atoms with E-state index in [0.29, 0.717) is 11.3 Å². The number of rotatable bonds is 8. The fourth-order valence-electron chi connectivity index (χ4n) is 1.93. The van der Waals surface area contributed by atoms with Gasteiger partial charge in [0.15, 0.2) is 0 Å². The third kappa shape index (κ3) is 4.73. The molecule has 0 aliphatic heterocycles. The van der Waals surface area contributed by atoms with Gasteiger partial charge in [-0.15, -0.1) is 11.8 Å². The number of carboxylic acids is 1. The van der Waals surface area contributed by atoms with Crippen molar-refractivity contribution in [1.82, 2.24) is 0 Å². The monoisotopic (exact) mass is 300 g/mol. The Bertz CT molecular complexity index is 447. The summed E-state index contributed by atoms with van der Waals surface area (Å²) in [5.74, 6) is 1.84. The summed E-state index contributed by atoms with van der Waals surface area (Å²) < 4.78 is 13.3. The highest BCUT2D eigenvalue weighted by Gasteiger charge is 2.43. The Morgan fingerprint density at radius 3 is 2.68 bits per heavy atom. The van der Waals surface area contributed by atoms with Gasteiger partial charge in [0.2, 0.25) is 0 Å². The molecule has 1 saturated carbocycles. The number of thioether (sulfide) groups is 2. The summed E-state index contributed by atoms with van der Waals surface area (Å²) >= 11 is 3.30. The highest BCUT2D eigenvalue weighted by atomic mass is 32.2. The minimum absolute atomic E-state index is 0.0547. The first-order valence-corrected chi connectivity index (χ1v) is 8.42. The molecule has 2 nitrogen and oxygen atoms in total. The van der Waals surface area contributed by atoms with Gasteiger partial charge in [0, 0.05) is 16.4 Å². The average Bonchev–Trinajstić information content (AvgIpc) is 3.10. The molecule has 5 heteroatoms. The Balaban J connectivity index is 1.63. The molecule has 1 aliphatic carbocycles. The molecule has 0 amide bonds. The molecule has 0 atom stereocenters. The second-order valence-corrected chi connectivity index (χ2v) is 7.14. The van der Waals surface area contributed by atoms with E-state index in [0.717, 1.165) is 30.1 Å². The van der Waals surface area contributed by atoms with Gasteiger partial charge in [-0.25, -0.2) is 4.39 Å². The van der Waals surface area contributed by atoms with Crippen LogP contribution in [0.5, 0.6) is 0 Å². The molecule has 1 fully saturated rings. The van der Waals surface area contributed by atoms with E-state index in [2.05, 4.69) is 0 Å². The maximum atomic E-state index is 13.3. The second-order valence-electron chi connectivity index (χ2n) is 4.90. The van der Waals surface area contributed by atoms with Crippen LogP contribution in [0.15, 0.2) is 29.2 Å². The fourth-order valence-corrected chi connectivity index (χ4v) is 4.30. The molecular formula is C14H17FO2S2. The van der Waals surface area contributed by atoms with Gasteiger partial charge >= 0.3 is 5.97 Å². The lowest BCUT2D eigenvalue weighted by Crippen LogP contribution is -2.11. The van der Waals surface area contributed by atoms with Crippen molar-refractivity contribution in [3.8, 4) is 0 Å². The van der Waals surface area contributed by atoms with E-state index in [1.807, 2.05) is 6.07 Å². The Hall–Kier alpha value is -0.680. The van der Waals surface area contributed by atoms with Crippen molar-refractivity contribution in [3.63, 3.8) is 0 Å². The van der Waals surface area contributed by atoms with Crippen LogP contribution < -0.4 is 0 Å². The quantitative estimate of drug-likeness (QED) is 0.583. The van der Waals surface area contributed by atoms with Crippen molar-refractivity contribution in [2.24, 2.45) is 5.41 Å². The van der Waals surface area contributed by atoms with Crippen molar-refractivity contribution in [2.45, 2.75) is 24.2 Å². The number of hydrogen-bond acceptors (Lipinski definition) is 3. The van der Waals surface area contributed by atoms with E-state index in [1.165, 1.54) is 17.8 Å². The second kappa shape index (κ2) is 6.66. The van der Waals surface area contributed by atoms with Gasteiger partial charge in [-0.2, -0.15) is 11.8 Å². The van der Waals surface area contributed by atoms with Crippen LogP contribution in [0.1, 0.15) is 19.3 Å². The third-order valence-corrected chi connectivity index (χ3v) is 5.83. The maximum absolute atomic E-state index is 13.3. The smallest absolute Gasteiger partial charge is 0.303 e. The Morgan fingerprint density at radius 2 is 2.05 bits per heavy atom. The normalized spacial score (nSPS) is 16.3. The van der Waals surface area contributed by atoms with Gasteiger partial charge in [-0.05, 0) is 36.1 Å². The highest BCUT2D eigenvalue weighted by Crippen LogP contribution is 2.51. The van der Waals surface area contributed by atoms with E-state index < -0.39 is 5.97 Å². The summed E-state index contributed by atoms with van der Waals surface area (Å²) in [5, 5.41) is 8.82. The van der Waals surface area contributed by atoms with Gasteiger partial charge < -0.3 is 5.11 Å². The first kappa shape index (κ1) is 14.7. The Kier molecular flexibility index (Phi) is 5.16. The standard InChI is InChI=1S/C14H17FO2S2/c15-11-3-1-2-4-12(11)19-8-7-18-10-14(5-6-14)9-13(16)17/h1-4H,5-10H2,(H,16,17). The number of aliphatic carboxylic acids is 1. The van der Waals surface area contributed by atoms with Gasteiger partial charge in [0.1, 0.15) is 5.82 Å². The SMILES string of the molecule is O=C(O)CC1(CSCCSc2ccccc2F)CC1. The molecule has 0 spiro atoms.